The predicted molar refractivity (Wildman–Crippen MR) is 52.3 cm³/mol. The average molecular weight is 198 g/mol. The normalized spacial score (nSPS) is 32.3. The van der Waals surface area contributed by atoms with Crippen LogP contribution in [-0.4, -0.2) is 17.5 Å². The Morgan fingerprint density at radius 1 is 1.14 bits per heavy atom. The van der Waals surface area contributed by atoms with Crippen molar-refractivity contribution in [1.29, 1.82) is 0 Å². The summed E-state index contributed by atoms with van der Waals surface area (Å²) in [4.78, 5) is 0. The lowest BCUT2D eigenvalue weighted by Gasteiger charge is -2.36. The molecule has 0 bridgehead atoms. The van der Waals surface area contributed by atoms with Crippen molar-refractivity contribution in [3.8, 4) is 0 Å². The topological polar surface area (TPSA) is 38.7 Å². The molecule has 2 aliphatic rings. The van der Waals surface area contributed by atoms with E-state index in [9.17, 15) is 5.11 Å². The van der Waals surface area contributed by atoms with Crippen molar-refractivity contribution in [2.24, 2.45) is 5.92 Å². The number of hydrogen-bond donors (Lipinski definition) is 1. The van der Waals surface area contributed by atoms with Gasteiger partial charge in [0, 0.05) is 12.8 Å². The van der Waals surface area contributed by atoms with Gasteiger partial charge in [0.15, 0.2) is 6.10 Å². The molecular formula is C11H18O3. The molecule has 0 aromatic carbocycles. The molecule has 0 aromatic heterocycles. The van der Waals surface area contributed by atoms with E-state index >= 15 is 0 Å². The van der Waals surface area contributed by atoms with Crippen LogP contribution in [0.1, 0.15) is 39.5 Å². The van der Waals surface area contributed by atoms with E-state index in [1.807, 2.05) is 13.8 Å². The van der Waals surface area contributed by atoms with Crippen molar-refractivity contribution in [1.82, 2.24) is 0 Å². The maximum absolute atomic E-state index is 9.70. The fraction of sp³-hybridized carbons (Fsp3) is 0.818. The largest absolute Gasteiger partial charge is 0.484 e. The zero-order valence-corrected chi connectivity index (χ0v) is 8.82. The molecule has 2 rings (SSSR count). The van der Waals surface area contributed by atoms with Crippen molar-refractivity contribution < 1.29 is 14.6 Å². The number of rotatable bonds is 1. The fourth-order valence-electron chi connectivity index (χ4n) is 2.00. The monoisotopic (exact) mass is 198 g/mol. The number of allylic oxidation sites excluding steroid dienone is 2. The van der Waals surface area contributed by atoms with Crippen LogP contribution in [0.3, 0.4) is 0 Å². The van der Waals surface area contributed by atoms with E-state index < -0.39 is 6.29 Å². The van der Waals surface area contributed by atoms with Crippen LogP contribution in [0.15, 0.2) is 11.5 Å². The molecule has 3 heteroatoms. The maximum atomic E-state index is 9.70. The van der Waals surface area contributed by atoms with Crippen LogP contribution in [0.5, 0.6) is 0 Å². The third kappa shape index (κ3) is 1.73. The molecule has 3 nitrogen and oxygen atoms in total. The summed E-state index contributed by atoms with van der Waals surface area (Å²) < 4.78 is 11.2. The van der Waals surface area contributed by atoms with Gasteiger partial charge in [0.05, 0.1) is 0 Å². The highest BCUT2D eigenvalue weighted by molar-refractivity contribution is 5.08. The van der Waals surface area contributed by atoms with Gasteiger partial charge in [-0.3, -0.25) is 0 Å². The molecule has 80 valence electrons. The Kier molecular flexibility index (Phi) is 2.68. The molecule has 0 aromatic rings. The van der Waals surface area contributed by atoms with E-state index in [0.29, 0.717) is 0 Å². The molecule has 0 spiro atoms. The fourth-order valence-corrected chi connectivity index (χ4v) is 2.00. The summed E-state index contributed by atoms with van der Waals surface area (Å²) in [5, 5.41) is 9.70. The highest BCUT2D eigenvalue weighted by Crippen LogP contribution is 2.34. The van der Waals surface area contributed by atoms with Gasteiger partial charge in [-0.25, -0.2) is 0 Å². The van der Waals surface area contributed by atoms with E-state index in [0.717, 1.165) is 30.8 Å². The lowest BCUT2D eigenvalue weighted by atomic mass is 10.0. The van der Waals surface area contributed by atoms with Crippen LogP contribution in [0.2, 0.25) is 0 Å². The van der Waals surface area contributed by atoms with Crippen LogP contribution >= 0.6 is 0 Å². The van der Waals surface area contributed by atoms with Crippen molar-refractivity contribution in [2.75, 3.05) is 0 Å². The summed E-state index contributed by atoms with van der Waals surface area (Å²) in [7, 11) is 0. The summed E-state index contributed by atoms with van der Waals surface area (Å²) in [6.45, 7) is 4.07. The summed E-state index contributed by atoms with van der Waals surface area (Å²) in [5.41, 5.74) is 0. The zero-order valence-electron chi connectivity index (χ0n) is 8.82. The first-order valence-corrected chi connectivity index (χ1v) is 5.42. The SMILES string of the molecule is CC(C)[C@@H]1OC2=C(CCCC2)OC1O. The third-order valence-electron chi connectivity index (χ3n) is 2.85. The van der Waals surface area contributed by atoms with Gasteiger partial charge in [0.25, 0.3) is 0 Å². The minimum absolute atomic E-state index is 0.202. The highest BCUT2D eigenvalue weighted by Gasteiger charge is 2.34. The van der Waals surface area contributed by atoms with Crippen molar-refractivity contribution in [3.63, 3.8) is 0 Å². The summed E-state index contributed by atoms with van der Waals surface area (Å²) in [5.74, 6) is 2.13. The summed E-state index contributed by atoms with van der Waals surface area (Å²) in [6, 6.07) is 0. The van der Waals surface area contributed by atoms with E-state index in [1.165, 1.54) is 6.42 Å². The van der Waals surface area contributed by atoms with E-state index in [1.54, 1.807) is 0 Å². The second kappa shape index (κ2) is 3.81. The second-order valence-electron chi connectivity index (χ2n) is 4.39. The number of aliphatic hydroxyl groups is 1. The Balaban J connectivity index is 2.13. The molecule has 1 aliphatic heterocycles. The van der Waals surface area contributed by atoms with Crippen molar-refractivity contribution in [3.05, 3.63) is 11.5 Å². The minimum Gasteiger partial charge on any atom is -0.484 e. The lowest BCUT2D eigenvalue weighted by molar-refractivity contribution is -0.189. The summed E-state index contributed by atoms with van der Waals surface area (Å²) >= 11 is 0. The lowest BCUT2D eigenvalue weighted by Crippen LogP contribution is -2.39. The molecule has 1 aliphatic carbocycles. The maximum Gasteiger partial charge on any atom is 0.234 e. The Morgan fingerprint density at radius 2 is 1.71 bits per heavy atom. The Labute approximate surface area is 84.7 Å². The van der Waals surface area contributed by atoms with Crippen molar-refractivity contribution in [2.45, 2.75) is 51.9 Å². The molecule has 0 saturated heterocycles. The first-order chi connectivity index (χ1) is 6.68. The molecular weight excluding hydrogens is 180 g/mol. The molecule has 1 unspecified atom stereocenters. The van der Waals surface area contributed by atoms with Crippen LogP contribution in [-0.2, 0) is 9.47 Å². The van der Waals surface area contributed by atoms with Gasteiger partial charge in [-0.15, -0.1) is 0 Å². The van der Waals surface area contributed by atoms with Crippen LogP contribution < -0.4 is 0 Å². The van der Waals surface area contributed by atoms with Gasteiger partial charge in [0.2, 0.25) is 6.29 Å². The molecule has 0 saturated carbocycles. The van der Waals surface area contributed by atoms with Crippen molar-refractivity contribution >= 4 is 0 Å². The molecule has 0 amide bonds. The molecule has 1 N–H and O–H groups in total. The average Bonchev–Trinajstić information content (AvgIpc) is 2.16. The number of ether oxygens (including phenoxy) is 2. The molecule has 1 heterocycles. The number of aliphatic hydroxyl groups excluding tert-OH is 1. The molecule has 14 heavy (non-hydrogen) atoms. The molecule has 0 radical (unpaired) electrons. The van der Waals surface area contributed by atoms with Crippen LogP contribution in [0, 0.1) is 5.92 Å². The standard InChI is InChI=1S/C11H18O3/c1-7(2)10-11(12)14-9-6-4-3-5-8(9)13-10/h7,10-12H,3-6H2,1-2H3/t10-,11?/m0/s1. The highest BCUT2D eigenvalue weighted by atomic mass is 16.7. The Bertz CT molecular complexity index is 245. The quantitative estimate of drug-likeness (QED) is 0.701. The third-order valence-corrected chi connectivity index (χ3v) is 2.85. The second-order valence-corrected chi connectivity index (χ2v) is 4.39. The predicted octanol–water partition coefficient (Wildman–Crippen LogP) is 2.16. The van der Waals surface area contributed by atoms with E-state index in [4.69, 9.17) is 9.47 Å². The van der Waals surface area contributed by atoms with Gasteiger partial charge in [0.1, 0.15) is 11.5 Å². The van der Waals surface area contributed by atoms with E-state index in [-0.39, 0.29) is 12.0 Å². The number of hydrogen-bond acceptors (Lipinski definition) is 3. The van der Waals surface area contributed by atoms with Crippen LogP contribution in [0.25, 0.3) is 0 Å². The van der Waals surface area contributed by atoms with Gasteiger partial charge in [-0.05, 0) is 18.8 Å². The van der Waals surface area contributed by atoms with Crippen LogP contribution in [0.4, 0.5) is 0 Å². The first-order valence-electron chi connectivity index (χ1n) is 5.42. The molecule has 0 fully saturated rings. The van der Waals surface area contributed by atoms with Gasteiger partial charge in [-0.1, -0.05) is 13.8 Å². The summed E-state index contributed by atoms with van der Waals surface area (Å²) in [6.07, 6.45) is 3.20. The zero-order chi connectivity index (χ0) is 10.1. The Morgan fingerprint density at radius 3 is 2.29 bits per heavy atom. The van der Waals surface area contributed by atoms with E-state index in [2.05, 4.69) is 0 Å². The first kappa shape index (κ1) is 9.84. The van der Waals surface area contributed by atoms with Gasteiger partial charge in [-0.2, -0.15) is 0 Å². The molecule has 2 atom stereocenters. The Hall–Kier alpha value is -0.700. The van der Waals surface area contributed by atoms with Gasteiger partial charge < -0.3 is 14.6 Å². The van der Waals surface area contributed by atoms with Gasteiger partial charge >= 0.3 is 0 Å². The smallest absolute Gasteiger partial charge is 0.234 e. The minimum atomic E-state index is -0.785.